The summed E-state index contributed by atoms with van der Waals surface area (Å²) in [7, 11) is 1.62. The molecular weight excluding hydrogens is 445 g/mol. The average molecular weight is 471 g/mol. The van der Waals surface area contributed by atoms with E-state index in [9.17, 15) is 4.79 Å². The van der Waals surface area contributed by atoms with Gasteiger partial charge in [-0.05, 0) is 32.1 Å². The van der Waals surface area contributed by atoms with Crippen molar-refractivity contribution in [3.63, 3.8) is 0 Å². The van der Waals surface area contributed by atoms with E-state index in [-0.39, 0.29) is 12.1 Å². The summed E-state index contributed by atoms with van der Waals surface area (Å²) in [6.45, 7) is 2.32. The smallest absolute Gasteiger partial charge is 0.408 e. The Morgan fingerprint density at radius 1 is 1.41 bits per heavy atom. The minimum atomic E-state index is -1.51. The normalized spacial score (nSPS) is 29.5. The highest BCUT2D eigenvalue weighted by molar-refractivity contribution is 5.76. The number of ether oxygens (including phenoxy) is 3. The molecular formula is C22H26FN7O4. The number of hydrogen-bond acceptors (Lipinski definition) is 8. The van der Waals surface area contributed by atoms with E-state index >= 15 is 4.39 Å². The Labute approximate surface area is 194 Å². The van der Waals surface area contributed by atoms with Gasteiger partial charge in [0.15, 0.2) is 23.9 Å². The molecule has 0 spiro atoms. The Balaban J connectivity index is 1.13. The Morgan fingerprint density at radius 3 is 2.97 bits per heavy atom. The third-order valence-corrected chi connectivity index (χ3v) is 7.06. The lowest BCUT2D eigenvalue weighted by Crippen LogP contribution is -2.68. The number of nitrogens with one attached hydrogen (secondary N) is 3. The van der Waals surface area contributed by atoms with Gasteiger partial charge in [-0.3, -0.25) is 5.10 Å². The number of H-pyrrole nitrogens is 1. The minimum Gasteiger partial charge on any atom is -0.441 e. The van der Waals surface area contributed by atoms with Crippen LogP contribution < -0.4 is 10.6 Å². The Bertz CT molecular complexity index is 1230. The van der Waals surface area contributed by atoms with Crippen molar-refractivity contribution in [3.05, 3.63) is 35.4 Å². The largest absolute Gasteiger partial charge is 0.441 e. The number of aromatic nitrogens is 5. The molecule has 34 heavy (non-hydrogen) atoms. The summed E-state index contributed by atoms with van der Waals surface area (Å²) in [4.78, 5) is 16.6. The second-order valence-corrected chi connectivity index (χ2v) is 9.43. The second kappa shape index (κ2) is 7.91. The third kappa shape index (κ3) is 3.48. The number of carbonyl (C=O) groups is 1. The van der Waals surface area contributed by atoms with Crippen LogP contribution in [0.25, 0.3) is 5.52 Å². The lowest BCUT2D eigenvalue weighted by molar-refractivity contribution is -0.0528. The van der Waals surface area contributed by atoms with Crippen molar-refractivity contribution in [2.24, 2.45) is 5.92 Å². The summed E-state index contributed by atoms with van der Waals surface area (Å²) in [6, 6.07) is 1.66. The van der Waals surface area contributed by atoms with Crippen molar-refractivity contribution in [1.82, 2.24) is 30.1 Å². The number of alkyl carbamates (subject to hydrolysis) is 1. The number of aryl methyl sites for hydroxylation is 1. The number of anilines is 2. The highest BCUT2D eigenvalue weighted by Gasteiger charge is 2.58. The molecule has 3 atom stereocenters. The van der Waals surface area contributed by atoms with Gasteiger partial charge in [-0.2, -0.15) is 10.2 Å². The number of methoxy groups -OCH3 is 1. The van der Waals surface area contributed by atoms with E-state index < -0.39 is 24.5 Å². The summed E-state index contributed by atoms with van der Waals surface area (Å²) in [5.74, 6) is 1.73. The van der Waals surface area contributed by atoms with Gasteiger partial charge in [-0.1, -0.05) is 0 Å². The number of rotatable bonds is 7. The first-order chi connectivity index (χ1) is 16.4. The number of carbonyl (C=O) groups excluding carboxylic acids is 1. The van der Waals surface area contributed by atoms with Crippen molar-refractivity contribution in [1.29, 1.82) is 0 Å². The molecule has 3 aromatic rings. The van der Waals surface area contributed by atoms with Gasteiger partial charge in [-0.15, -0.1) is 0 Å². The molecule has 2 bridgehead atoms. The number of aromatic amines is 1. The number of fused-ring (bicyclic) bond motifs is 1. The van der Waals surface area contributed by atoms with Crippen LogP contribution in [0.15, 0.2) is 18.5 Å². The lowest BCUT2D eigenvalue weighted by atomic mass is 9.50. The van der Waals surface area contributed by atoms with Crippen LogP contribution in [0.3, 0.4) is 0 Å². The van der Waals surface area contributed by atoms with Crippen molar-refractivity contribution >= 4 is 23.2 Å². The maximum Gasteiger partial charge on any atom is 0.408 e. The first-order valence-corrected chi connectivity index (χ1v) is 11.3. The van der Waals surface area contributed by atoms with E-state index in [0.717, 1.165) is 42.0 Å². The number of amides is 1. The van der Waals surface area contributed by atoms with Gasteiger partial charge in [0.05, 0.1) is 24.6 Å². The molecule has 3 N–H and O–H groups in total. The van der Waals surface area contributed by atoms with Crippen molar-refractivity contribution in [3.8, 4) is 0 Å². The molecule has 0 unspecified atom stereocenters. The Hall–Kier alpha value is -3.25. The maximum absolute atomic E-state index is 15.1. The van der Waals surface area contributed by atoms with Crippen LogP contribution in [0.1, 0.15) is 42.3 Å². The SMILES string of the molecule is COCc1nn2ccnc(Nc3cc([C@@H]4OC[C@H](OC(=O)NC56CC(C5)C6)[C@H]4F)[nH]n3)c2c1C. The molecule has 1 saturated heterocycles. The maximum atomic E-state index is 15.1. The molecule has 0 radical (unpaired) electrons. The molecule has 1 amide bonds. The molecule has 7 rings (SSSR count). The van der Waals surface area contributed by atoms with Crippen LogP contribution in [-0.2, 0) is 20.8 Å². The standard InChI is InChI=1S/C22H26FN7O4/c1-11-14(9-32-2)29-30-4-3-24-20(18(11)30)25-16-5-13(27-28-16)19-17(23)15(10-33-19)34-21(31)26-22-6-12(7-22)8-22/h3-5,12,15,17,19H,6-10H2,1-2H3,(H,26,31)(H2,24,25,27,28)/t12?,15-,17+,19-,22?/m0/s1. The van der Waals surface area contributed by atoms with Gasteiger partial charge in [-0.25, -0.2) is 18.7 Å². The zero-order valence-corrected chi connectivity index (χ0v) is 18.9. The Kier molecular flexibility index (Phi) is 4.96. The predicted octanol–water partition coefficient (Wildman–Crippen LogP) is 2.71. The summed E-state index contributed by atoms with van der Waals surface area (Å²) in [6.07, 6.45) is 2.38. The van der Waals surface area contributed by atoms with Gasteiger partial charge in [0, 0.05) is 36.7 Å². The van der Waals surface area contributed by atoms with Gasteiger partial charge < -0.3 is 24.8 Å². The lowest BCUT2D eigenvalue weighted by Gasteiger charge is -2.61. The molecule has 1 aliphatic heterocycles. The second-order valence-electron chi connectivity index (χ2n) is 9.43. The van der Waals surface area contributed by atoms with E-state index in [2.05, 4.69) is 30.9 Å². The topological polar surface area (TPSA) is 128 Å². The molecule has 3 saturated carbocycles. The molecule has 3 aromatic heterocycles. The van der Waals surface area contributed by atoms with Crippen molar-refractivity contribution < 1.29 is 23.4 Å². The number of alkyl halides is 1. The molecule has 4 fully saturated rings. The monoisotopic (exact) mass is 471 g/mol. The van der Waals surface area contributed by atoms with Crippen molar-refractivity contribution in [2.75, 3.05) is 19.0 Å². The Morgan fingerprint density at radius 2 is 2.24 bits per heavy atom. The van der Waals surface area contributed by atoms with Crippen molar-refractivity contribution in [2.45, 2.75) is 56.7 Å². The first kappa shape index (κ1) is 21.3. The summed E-state index contributed by atoms with van der Waals surface area (Å²) in [5.41, 5.74) is 2.87. The van der Waals surface area contributed by atoms with Crippen LogP contribution in [0.2, 0.25) is 0 Å². The first-order valence-electron chi connectivity index (χ1n) is 11.3. The zero-order chi connectivity index (χ0) is 23.4. The van der Waals surface area contributed by atoms with Crippen LogP contribution in [0, 0.1) is 12.8 Å². The highest BCUT2D eigenvalue weighted by Crippen LogP contribution is 2.57. The van der Waals surface area contributed by atoms with Crippen LogP contribution >= 0.6 is 0 Å². The summed E-state index contributed by atoms with van der Waals surface area (Å²) < 4.78 is 33.0. The summed E-state index contributed by atoms with van der Waals surface area (Å²) >= 11 is 0. The quantitative estimate of drug-likeness (QED) is 0.480. The van der Waals surface area contributed by atoms with E-state index in [1.807, 2.05) is 6.92 Å². The zero-order valence-electron chi connectivity index (χ0n) is 18.9. The van der Waals surface area contributed by atoms with Gasteiger partial charge in [0.25, 0.3) is 0 Å². The fourth-order valence-corrected chi connectivity index (χ4v) is 5.18. The van der Waals surface area contributed by atoms with E-state index in [0.29, 0.717) is 23.9 Å². The number of hydrogen-bond donors (Lipinski definition) is 3. The predicted molar refractivity (Wildman–Crippen MR) is 117 cm³/mol. The number of nitrogens with zero attached hydrogens (tertiary/aromatic N) is 4. The van der Waals surface area contributed by atoms with Crippen LogP contribution in [0.5, 0.6) is 0 Å². The van der Waals surface area contributed by atoms with Crippen LogP contribution in [0.4, 0.5) is 20.8 Å². The van der Waals surface area contributed by atoms with Gasteiger partial charge in [0.2, 0.25) is 0 Å². The van der Waals surface area contributed by atoms with Crippen LogP contribution in [-0.4, -0.2) is 62.4 Å². The molecule has 11 nitrogen and oxygen atoms in total. The van der Waals surface area contributed by atoms with Gasteiger partial charge in [0.1, 0.15) is 11.6 Å². The third-order valence-electron chi connectivity index (χ3n) is 7.06. The average Bonchev–Trinajstić information content (AvgIpc) is 3.44. The van der Waals surface area contributed by atoms with E-state index in [4.69, 9.17) is 14.2 Å². The molecule has 4 aliphatic rings. The molecule has 180 valence electrons. The molecule has 4 heterocycles. The van der Waals surface area contributed by atoms with E-state index in [1.165, 1.54) is 0 Å². The number of halogens is 1. The minimum absolute atomic E-state index is 0.0190. The van der Waals surface area contributed by atoms with E-state index in [1.54, 1.807) is 30.1 Å². The van der Waals surface area contributed by atoms with Gasteiger partial charge >= 0.3 is 6.09 Å². The highest BCUT2D eigenvalue weighted by atomic mass is 19.1. The molecule has 0 aromatic carbocycles. The summed E-state index contributed by atoms with van der Waals surface area (Å²) in [5, 5.41) is 17.6. The fraction of sp³-hybridized carbons (Fsp3) is 0.545. The molecule has 3 aliphatic carbocycles. The fourth-order valence-electron chi connectivity index (χ4n) is 5.18. The molecule has 12 heteroatoms.